The summed E-state index contributed by atoms with van der Waals surface area (Å²) in [5, 5.41) is 4.10. The molecular weight excluding hydrogens is 266 g/mol. The number of amides is 1. The standard InChI is InChI=1S/C15H17N5O/c1-9-16-8-11-12(18-9)7-10-3-4-13(11)20(10)15(21)14-5-6-17-19(14)2/h5-6,8,10,13H,3-4,7H2,1-2H3. The van der Waals surface area contributed by atoms with Crippen molar-refractivity contribution in [2.24, 2.45) is 7.05 Å². The average Bonchev–Trinajstić information content (AvgIpc) is 3.01. The summed E-state index contributed by atoms with van der Waals surface area (Å²) < 4.78 is 1.64. The Hall–Kier alpha value is -2.24. The van der Waals surface area contributed by atoms with E-state index in [2.05, 4.69) is 15.1 Å². The predicted octanol–water partition coefficient (Wildman–Crippen LogP) is 1.42. The second-order valence-corrected chi connectivity index (χ2v) is 5.82. The lowest BCUT2D eigenvalue weighted by Gasteiger charge is -2.35. The van der Waals surface area contributed by atoms with Crippen molar-refractivity contribution in [3.63, 3.8) is 0 Å². The van der Waals surface area contributed by atoms with E-state index in [1.165, 1.54) is 0 Å². The number of nitrogens with zero attached hydrogens (tertiary/aromatic N) is 5. The topological polar surface area (TPSA) is 63.9 Å². The molecule has 2 aliphatic heterocycles. The Morgan fingerprint density at radius 2 is 2.24 bits per heavy atom. The van der Waals surface area contributed by atoms with Gasteiger partial charge in [-0.1, -0.05) is 0 Å². The highest BCUT2D eigenvalue weighted by molar-refractivity contribution is 5.93. The quantitative estimate of drug-likeness (QED) is 0.794. The number of rotatable bonds is 1. The molecule has 2 aromatic heterocycles. The lowest BCUT2D eigenvalue weighted by molar-refractivity contribution is 0.0632. The fraction of sp³-hybridized carbons (Fsp3) is 0.467. The van der Waals surface area contributed by atoms with Gasteiger partial charge in [0.25, 0.3) is 5.91 Å². The monoisotopic (exact) mass is 283 g/mol. The third-order valence-electron chi connectivity index (χ3n) is 4.59. The molecule has 0 N–H and O–H groups in total. The minimum absolute atomic E-state index is 0.0636. The Morgan fingerprint density at radius 1 is 1.38 bits per heavy atom. The molecule has 0 aliphatic carbocycles. The van der Waals surface area contributed by atoms with Crippen molar-refractivity contribution in [1.29, 1.82) is 0 Å². The first-order valence-electron chi connectivity index (χ1n) is 7.28. The van der Waals surface area contributed by atoms with Crippen LogP contribution in [0.3, 0.4) is 0 Å². The summed E-state index contributed by atoms with van der Waals surface area (Å²) in [4.78, 5) is 23.7. The summed E-state index contributed by atoms with van der Waals surface area (Å²) in [5.74, 6) is 0.869. The number of fused-ring (bicyclic) bond motifs is 4. The van der Waals surface area contributed by atoms with Gasteiger partial charge in [0.15, 0.2) is 0 Å². The zero-order valence-electron chi connectivity index (χ0n) is 12.2. The van der Waals surface area contributed by atoms with E-state index in [0.29, 0.717) is 5.69 Å². The van der Waals surface area contributed by atoms with Crippen molar-refractivity contribution < 1.29 is 4.79 Å². The summed E-state index contributed by atoms with van der Waals surface area (Å²) >= 11 is 0. The lowest BCUT2D eigenvalue weighted by Crippen LogP contribution is -2.43. The molecule has 6 heteroatoms. The van der Waals surface area contributed by atoms with Gasteiger partial charge in [0.05, 0.1) is 11.7 Å². The van der Waals surface area contributed by atoms with Gasteiger partial charge in [-0.2, -0.15) is 5.10 Å². The molecule has 21 heavy (non-hydrogen) atoms. The number of carbonyl (C=O) groups is 1. The van der Waals surface area contributed by atoms with Crippen LogP contribution in [0.1, 0.15) is 46.5 Å². The van der Waals surface area contributed by atoms with Crippen LogP contribution in [0.15, 0.2) is 18.5 Å². The molecule has 0 aromatic carbocycles. The van der Waals surface area contributed by atoms with Crippen LogP contribution >= 0.6 is 0 Å². The Labute approximate surface area is 122 Å². The lowest BCUT2D eigenvalue weighted by atomic mass is 9.98. The maximum Gasteiger partial charge on any atom is 0.272 e. The maximum absolute atomic E-state index is 12.8. The van der Waals surface area contributed by atoms with Gasteiger partial charge in [-0.3, -0.25) is 9.48 Å². The van der Waals surface area contributed by atoms with E-state index < -0.39 is 0 Å². The van der Waals surface area contributed by atoms with Gasteiger partial charge in [0.2, 0.25) is 0 Å². The highest BCUT2D eigenvalue weighted by Gasteiger charge is 2.44. The third-order valence-corrected chi connectivity index (χ3v) is 4.59. The Balaban J connectivity index is 1.74. The van der Waals surface area contributed by atoms with Gasteiger partial charge < -0.3 is 4.90 Å². The molecule has 108 valence electrons. The number of hydrogen-bond donors (Lipinski definition) is 0. The normalized spacial score (nSPS) is 23.2. The molecule has 0 radical (unpaired) electrons. The molecule has 2 bridgehead atoms. The van der Waals surface area contributed by atoms with E-state index in [1.807, 2.05) is 18.0 Å². The van der Waals surface area contributed by atoms with Crippen LogP contribution in [-0.4, -0.2) is 36.6 Å². The van der Waals surface area contributed by atoms with Crippen LogP contribution in [0, 0.1) is 6.92 Å². The van der Waals surface area contributed by atoms with Gasteiger partial charge >= 0.3 is 0 Å². The molecule has 1 saturated heterocycles. The first-order chi connectivity index (χ1) is 10.1. The number of carbonyl (C=O) groups excluding carboxylic acids is 1. The molecule has 1 amide bonds. The molecule has 0 spiro atoms. The first kappa shape index (κ1) is 12.5. The molecule has 2 aliphatic rings. The maximum atomic E-state index is 12.8. The van der Waals surface area contributed by atoms with E-state index in [4.69, 9.17) is 0 Å². The SMILES string of the molecule is Cc1ncc2c(n1)CC1CCC2N1C(=O)c1ccnn1C. The van der Waals surface area contributed by atoms with Crippen molar-refractivity contribution in [1.82, 2.24) is 24.6 Å². The molecule has 6 nitrogen and oxygen atoms in total. The molecule has 4 rings (SSSR count). The van der Waals surface area contributed by atoms with Crippen LogP contribution < -0.4 is 0 Å². The van der Waals surface area contributed by atoms with Gasteiger partial charge in [-0.15, -0.1) is 0 Å². The second-order valence-electron chi connectivity index (χ2n) is 5.82. The number of aryl methyl sites for hydroxylation is 2. The van der Waals surface area contributed by atoms with Gasteiger partial charge in [-0.25, -0.2) is 9.97 Å². The van der Waals surface area contributed by atoms with Crippen LogP contribution in [0.5, 0.6) is 0 Å². The van der Waals surface area contributed by atoms with Gasteiger partial charge in [0.1, 0.15) is 11.5 Å². The molecule has 2 unspecified atom stereocenters. The summed E-state index contributed by atoms with van der Waals surface area (Å²) in [7, 11) is 1.81. The van der Waals surface area contributed by atoms with Gasteiger partial charge in [-0.05, 0) is 25.8 Å². The van der Waals surface area contributed by atoms with E-state index in [0.717, 1.165) is 36.3 Å². The van der Waals surface area contributed by atoms with Crippen molar-refractivity contribution in [2.75, 3.05) is 0 Å². The summed E-state index contributed by atoms with van der Waals surface area (Å²) in [6.45, 7) is 1.91. The van der Waals surface area contributed by atoms with Crippen LogP contribution in [-0.2, 0) is 13.5 Å². The van der Waals surface area contributed by atoms with E-state index in [1.54, 1.807) is 24.0 Å². The zero-order chi connectivity index (χ0) is 14.6. The van der Waals surface area contributed by atoms with Crippen molar-refractivity contribution in [3.8, 4) is 0 Å². The van der Waals surface area contributed by atoms with Crippen LogP contribution in [0.2, 0.25) is 0 Å². The molecule has 1 fully saturated rings. The summed E-state index contributed by atoms with van der Waals surface area (Å²) in [6.07, 6.45) is 6.42. The summed E-state index contributed by atoms with van der Waals surface area (Å²) in [5.41, 5.74) is 2.87. The molecule has 2 atom stereocenters. The highest BCUT2D eigenvalue weighted by Crippen LogP contribution is 2.43. The van der Waals surface area contributed by atoms with E-state index >= 15 is 0 Å². The highest BCUT2D eigenvalue weighted by atomic mass is 16.2. The third kappa shape index (κ3) is 1.78. The number of hydrogen-bond acceptors (Lipinski definition) is 4. The minimum atomic E-state index is 0.0636. The van der Waals surface area contributed by atoms with Crippen molar-refractivity contribution in [2.45, 2.75) is 38.3 Å². The molecular formula is C15H17N5O. The molecule has 2 aromatic rings. The molecule has 4 heterocycles. The molecule has 0 saturated carbocycles. The van der Waals surface area contributed by atoms with Crippen molar-refractivity contribution in [3.05, 3.63) is 41.2 Å². The van der Waals surface area contributed by atoms with Crippen LogP contribution in [0.4, 0.5) is 0 Å². The smallest absolute Gasteiger partial charge is 0.272 e. The Kier molecular flexibility index (Phi) is 2.60. The fourth-order valence-electron chi connectivity index (χ4n) is 3.60. The Morgan fingerprint density at radius 3 is 3.00 bits per heavy atom. The second kappa shape index (κ2) is 4.38. The van der Waals surface area contributed by atoms with Gasteiger partial charge in [0, 0.05) is 37.5 Å². The van der Waals surface area contributed by atoms with E-state index in [-0.39, 0.29) is 18.0 Å². The fourth-order valence-corrected chi connectivity index (χ4v) is 3.60. The van der Waals surface area contributed by atoms with Crippen LogP contribution in [0.25, 0.3) is 0 Å². The van der Waals surface area contributed by atoms with Crippen molar-refractivity contribution >= 4 is 5.91 Å². The number of aromatic nitrogens is 4. The summed E-state index contributed by atoms with van der Waals surface area (Å²) in [6, 6.07) is 2.14. The largest absolute Gasteiger partial charge is 0.327 e. The minimum Gasteiger partial charge on any atom is -0.327 e. The average molecular weight is 283 g/mol. The zero-order valence-corrected chi connectivity index (χ0v) is 12.2. The Bertz CT molecular complexity index is 723. The predicted molar refractivity (Wildman–Crippen MR) is 75.6 cm³/mol. The van der Waals surface area contributed by atoms with E-state index in [9.17, 15) is 4.79 Å². The first-order valence-corrected chi connectivity index (χ1v) is 7.28.